The van der Waals surface area contributed by atoms with E-state index in [2.05, 4.69) is 13.2 Å². The molecule has 0 aliphatic carbocycles. The predicted molar refractivity (Wildman–Crippen MR) is 83.3 cm³/mol. The highest BCUT2D eigenvalue weighted by molar-refractivity contribution is 5.99. The van der Waals surface area contributed by atoms with Crippen LogP contribution in [0.3, 0.4) is 0 Å². The van der Waals surface area contributed by atoms with Crippen LogP contribution in [-0.2, 0) is 4.79 Å². The van der Waals surface area contributed by atoms with E-state index < -0.39 is 17.7 Å². The molecule has 0 radical (unpaired) electrons. The van der Waals surface area contributed by atoms with E-state index in [4.69, 9.17) is 5.11 Å². The molecule has 0 saturated carbocycles. The molecule has 22 heavy (non-hydrogen) atoms. The zero-order valence-electron chi connectivity index (χ0n) is 12.4. The normalized spacial score (nSPS) is 11.9. The quantitative estimate of drug-likeness (QED) is 0.533. The first-order chi connectivity index (χ1) is 10.5. The molecule has 0 heterocycles. The minimum absolute atomic E-state index is 0.277. The van der Waals surface area contributed by atoms with Crippen molar-refractivity contribution in [2.75, 3.05) is 19.6 Å². The van der Waals surface area contributed by atoms with Gasteiger partial charge in [0.2, 0.25) is 0 Å². The number of ketones is 1. The van der Waals surface area contributed by atoms with E-state index in [9.17, 15) is 14.0 Å². The van der Waals surface area contributed by atoms with Crippen LogP contribution in [-0.4, -0.2) is 41.4 Å². The average Bonchev–Trinajstić information content (AvgIpc) is 2.46. The molecule has 0 saturated heterocycles. The van der Waals surface area contributed by atoms with Gasteiger partial charge in [-0.05, 0) is 24.3 Å². The minimum atomic E-state index is -1.04. The highest BCUT2D eigenvalue weighted by atomic mass is 19.1. The van der Waals surface area contributed by atoms with Gasteiger partial charge >= 0.3 is 5.97 Å². The number of rotatable bonds is 10. The Hall–Kier alpha value is -2.27. The van der Waals surface area contributed by atoms with Gasteiger partial charge in [0.15, 0.2) is 5.78 Å². The van der Waals surface area contributed by atoms with Crippen LogP contribution in [0.5, 0.6) is 0 Å². The van der Waals surface area contributed by atoms with Crippen LogP contribution in [0.25, 0.3) is 0 Å². The van der Waals surface area contributed by atoms with Gasteiger partial charge in [-0.1, -0.05) is 12.2 Å². The van der Waals surface area contributed by atoms with Gasteiger partial charge in [-0.3, -0.25) is 14.5 Å². The first kappa shape index (κ1) is 17.8. The monoisotopic (exact) mass is 305 g/mol. The number of carbonyl (C=O) groups is 2. The summed E-state index contributed by atoms with van der Waals surface area (Å²) in [6.45, 7) is 8.62. The number of halogens is 1. The Morgan fingerprint density at radius 1 is 1.18 bits per heavy atom. The van der Waals surface area contributed by atoms with E-state index in [1.807, 2.05) is 4.90 Å². The van der Waals surface area contributed by atoms with Crippen molar-refractivity contribution >= 4 is 11.8 Å². The summed E-state index contributed by atoms with van der Waals surface area (Å²) in [4.78, 5) is 25.4. The largest absolute Gasteiger partial charge is 0.481 e. The number of aliphatic carboxylic acids is 1. The molecule has 1 unspecified atom stereocenters. The summed E-state index contributed by atoms with van der Waals surface area (Å²) >= 11 is 0. The van der Waals surface area contributed by atoms with Crippen LogP contribution >= 0.6 is 0 Å². The first-order valence-electron chi connectivity index (χ1n) is 6.93. The second kappa shape index (κ2) is 8.89. The number of carboxylic acid groups (broad SMARTS) is 1. The van der Waals surface area contributed by atoms with Crippen molar-refractivity contribution in [3.05, 3.63) is 61.0 Å². The molecule has 0 aromatic heterocycles. The summed E-state index contributed by atoms with van der Waals surface area (Å²) in [6.07, 6.45) is 3.09. The molecule has 4 nitrogen and oxygen atoms in total. The van der Waals surface area contributed by atoms with Crippen molar-refractivity contribution in [2.45, 2.75) is 6.42 Å². The number of nitrogens with zero attached hydrogens (tertiary/aromatic N) is 1. The smallest absolute Gasteiger partial charge is 0.304 e. The zero-order chi connectivity index (χ0) is 16.5. The molecule has 1 atom stereocenters. The van der Waals surface area contributed by atoms with Crippen molar-refractivity contribution in [1.29, 1.82) is 0 Å². The van der Waals surface area contributed by atoms with Crippen LogP contribution in [0.1, 0.15) is 16.8 Å². The van der Waals surface area contributed by atoms with Gasteiger partial charge in [0, 0.05) is 31.1 Å². The molecule has 118 valence electrons. The Bertz CT molecular complexity index is 529. The molecule has 5 heteroatoms. The molecule has 1 aromatic rings. The summed E-state index contributed by atoms with van der Waals surface area (Å²) in [5, 5.41) is 9.03. The van der Waals surface area contributed by atoms with E-state index >= 15 is 0 Å². The van der Waals surface area contributed by atoms with Gasteiger partial charge in [0.25, 0.3) is 0 Å². The third kappa shape index (κ3) is 5.61. The number of benzene rings is 1. The lowest BCUT2D eigenvalue weighted by atomic mass is 9.94. The molecular weight excluding hydrogens is 285 g/mol. The van der Waals surface area contributed by atoms with Gasteiger partial charge in [-0.15, -0.1) is 13.2 Å². The van der Waals surface area contributed by atoms with Crippen LogP contribution in [0.4, 0.5) is 4.39 Å². The fraction of sp³-hybridized carbons (Fsp3) is 0.294. The van der Waals surface area contributed by atoms with Gasteiger partial charge in [-0.2, -0.15) is 0 Å². The Kier molecular flexibility index (Phi) is 7.19. The van der Waals surface area contributed by atoms with Gasteiger partial charge in [0.05, 0.1) is 6.42 Å². The van der Waals surface area contributed by atoms with Crippen molar-refractivity contribution in [3.8, 4) is 0 Å². The van der Waals surface area contributed by atoms with Crippen LogP contribution < -0.4 is 0 Å². The van der Waals surface area contributed by atoms with E-state index in [-0.39, 0.29) is 18.7 Å². The molecule has 0 bridgehead atoms. The number of carboxylic acids is 1. The molecule has 1 rings (SSSR count). The maximum absolute atomic E-state index is 12.9. The lowest BCUT2D eigenvalue weighted by Gasteiger charge is -2.24. The molecule has 0 amide bonds. The minimum Gasteiger partial charge on any atom is -0.481 e. The Balaban J connectivity index is 2.92. The van der Waals surface area contributed by atoms with Gasteiger partial charge in [0.1, 0.15) is 5.82 Å². The standard InChI is InChI=1S/C17H20FNO3/c1-3-9-19(10-4-2)12-14(11-16(20)21)17(22)13-5-7-15(18)8-6-13/h3-8,14H,1-2,9-12H2,(H,20,21). The number of Topliss-reactive ketones (excluding diaryl/α,β-unsaturated/α-hetero) is 1. The maximum Gasteiger partial charge on any atom is 0.304 e. The van der Waals surface area contributed by atoms with Crippen molar-refractivity contribution < 1.29 is 19.1 Å². The summed E-state index contributed by atoms with van der Waals surface area (Å²) in [5.74, 6) is -2.49. The van der Waals surface area contributed by atoms with E-state index in [1.165, 1.54) is 24.3 Å². The molecule has 1 N–H and O–H groups in total. The lowest BCUT2D eigenvalue weighted by Crippen LogP contribution is -2.35. The molecular formula is C17H20FNO3. The fourth-order valence-corrected chi connectivity index (χ4v) is 2.20. The third-order valence-corrected chi connectivity index (χ3v) is 3.17. The van der Waals surface area contributed by atoms with Crippen LogP contribution in [0.15, 0.2) is 49.6 Å². The molecule has 0 fully saturated rings. The van der Waals surface area contributed by atoms with Gasteiger partial charge in [-0.25, -0.2) is 4.39 Å². The number of hydrogen-bond donors (Lipinski definition) is 1. The second-order valence-electron chi connectivity index (χ2n) is 4.96. The number of carbonyl (C=O) groups excluding carboxylic acids is 1. The summed E-state index contributed by atoms with van der Waals surface area (Å²) < 4.78 is 12.9. The second-order valence-corrected chi connectivity index (χ2v) is 4.96. The molecule has 0 spiro atoms. The zero-order valence-corrected chi connectivity index (χ0v) is 12.4. The predicted octanol–water partition coefficient (Wildman–Crippen LogP) is 2.77. The van der Waals surface area contributed by atoms with Crippen LogP contribution in [0.2, 0.25) is 0 Å². The maximum atomic E-state index is 12.9. The lowest BCUT2D eigenvalue weighted by molar-refractivity contribution is -0.137. The average molecular weight is 305 g/mol. The van der Waals surface area contributed by atoms with E-state index in [0.717, 1.165) is 0 Å². The molecule has 0 aliphatic heterocycles. The molecule has 1 aromatic carbocycles. The SMILES string of the molecule is C=CCN(CC=C)CC(CC(=O)O)C(=O)c1ccc(F)cc1. The van der Waals surface area contributed by atoms with Crippen molar-refractivity contribution in [1.82, 2.24) is 4.90 Å². The topological polar surface area (TPSA) is 57.6 Å². The number of hydrogen-bond acceptors (Lipinski definition) is 3. The fourth-order valence-electron chi connectivity index (χ4n) is 2.20. The Morgan fingerprint density at radius 2 is 1.73 bits per heavy atom. The summed E-state index contributed by atoms with van der Waals surface area (Å²) in [6, 6.07) is 5.13. The Morgan fingerprint density at radius 3 is 2.18 bits per heavy atom. The summed E-state index contributed by atoms with van der Waals surface area (Å²) in [5.41, 5.74) is 0.310. The third-order valence-electron chi connectivity index (χ3n) is 3.17. The Labute approximate surface area is 129 Å². The van der Waals surface area contributed by atoms with E-state index in [1.54, 1.807) is 12.2 Å². The molecule has 0 aliphatic rings. The van der Waals surface area contributed by atoms with Crippen molar-refractivity contribution in [2.24, 2.45) is 5.92 Å². The highest BCUT2D eigenvalue weighted by Gasteiger charge is 2.25. The van der Waals surface area contributed by atoms with Gasteiger partial charge < -0.3 is 5.11 Å². The summed E-state index contributed by atoms with van der Waals surface area (Å²) in [7, 11) is 0. The van der Waals surface area contributed by atoms with Crippen LogP contribution in [0, 0.1) is 11.7 Å². The highest BCUT2D eigenvalue weighted by Crippen LogP contribution is 2.15. The first-order valence-corrected chi connectivity index (χ1v) is 6.93. The van der Waals surface area contributed by atoms with Crippen molar-refractivity contribution in [3.63, 3.8) is 0 Å². The van der Waals surface area contributed by atoms with E-state index in [0.29, 0.717) is 18.7 Å².